The number of amidine groups is 1. The van der Waals surface area contributed by atoms with Crippen molar-refractivity contribution < 1.29 is 5.21 Å². The van der Waals surface area contributed by atoms with Crippen LogP contribution in [0.15, 0.2) is 17.5 Å². The summed E-state index contributed by atoms with van der Waals surface area (Å²) in [5.74, 6) is -0.111. The Bertz CT molecular complexity index is 288. The number of halogens is 1. The van der Waals surface area contributed by atoms with Crippen LogP contribution in [0.3, 0.4) is 0 Å². The maximum absolute atomic E-state index is 8.23. The largest absolute Gasteiger partial charge is 0.409 e. The van der Waals surface area contributed by atoms with Gasteiger partial charge in [0.15, 0.2) is 5.84 Å². The predicted molar refractivity (Wildman–Crippen MR) is 39.6 cm³/mol. The third-order valence-electron chi connectivity index (χ3n) is 0.975. The zero-order valence-corrected chi connectivity index (χ0v) is 6.15. The van der Waals surface area contributed by atoms with E-state index >= 15 is 0 Å². The van der Waals surface area contributed by atoms with Crippen molar-refractivity contribution in [3.63, 3.8) is 0 Å². The molecule has 0 aliphatic carbocycles. The van der Waals surface area contributed by atoms with E-state index in [2.05, 4.69) is 15.1 Å². The molecule has 0 atom stereocenters. The van der Waals surface area contributed by atoms with Crippen molar-refractivity contribution in [3.8, 4) is 0 Å². The molecule has 1 rings (SSSR count). The lowest BCUT2D eigenvalue weighted by molar-refractivity contribution is 0.318. The Kier molecular flexibility index (Phi) is 2.22. The number of oxime groups is 1. The molecule has 0 fully saturated rings. The molecule has 0 saturated heterocycles. The van der Waals surface area contributed by atoms with Gasteiger partial charge in [0.1, 0.15) is 10.8 Å². The Labute approximate surface area is 67.5 Å². The van der Waals surface area contributed by atoms with Crippen LogP contribution in [0.4, 0.5) is 0 Å². The van der Waals surface area contributed by atoms with E-state index in [1.54, 1.807) is 0 Å². The van der Waals surface area contributed by atoms with E-state index in [-0.39, 0.29) is 16.7 Å². The topological polar surface area (TPSA) is 84.4 Å². The van der Waals surface area contributed by atoms with Crippen LogP contribution in [0.1, 0.15) is 5.69 Å². The molecule has 0 radical (unpaired) electrons. The first-order valence-electron chi connectivity index (χ1n) is 2.69. The molecule has 58 valence electrons. The minimum Gasteiger partial charge on any atom is -0.409 e. The van der Waals surface area contributed by atoms with E-state index in [1.165, 1.54) is 12.4 Å². The Morgan fingerprint density at radius 3 is 2.91 bits per heavy atom. The van der Waals surface area contributed by atoms with Gasteiger partial charge in [0.2, 0.25) is 0 Å². The zero-order chi connectivity index (χ0) is 8.27. The van der Waals surface area contributed by atoms with Crippen LogP contribution in [0, 0.1) is 0 Å². The van der Waals surface area contributed by atoms with Crippen LogP contribution in [0.5, 0.6) is 0 Å². The van der Waals surface area contributed by atoms with Crippen LogP contribution >= 0.6 is 11.6 Å². The predicted octanol–water partition coefficient (Wildman–Crippen LogP) is 0.224. The molecule has 0 aliphatic rings. The van der Waals surface area contributed by atoms with Crippen LogP contribution in [-0.4, -0.2) is 21.0 Å². The van der Waals surface area contributed by atoms with Gasteiger partial charge in [-0.25, -0.2) is 4.98 Å². The van der Waals surface area contributed by atoms with Gasteiger partial charge >= 0.3 is 0 Å². The first kappa shape index (κ1) is 7.74. The molecular weight excluding hydrogens is 168 g/mol. The van der Waals surface area contributed by atoms with Crippen molar-refractivity contribution in [2.45, 2.75) is 0 Å². The third-order valence-corrected chi connectivity index (χ3v) is 1.16. The summed E-state index contributed by atoms with van der Waals surface area (Å²) in [4.78, 5) is 7.42. The second kappa shape index (κ2) is 3.16. The van der Waals surface area contributed by atoms with E-state index < -0.39 is 0 Å². The van der Waals surface area contributed by atoms with Gasteiger partial charge in [0, 0.05) is 0 Å². The van der Waals surface area contributed by atoms with Crippen molar-refractivity contribution in [1.29, 1.82) is 0 Å². The third kappa shape index (κ3) is 1.78. The van der Waals surface area contributed by atoms with E-state index in [4.69, 9.17) is 22.5 Å². The molecule has 1 heterocycles. The molecule has 3 N–H and O–H groups in total. The lowest BCUT2D eigenvalue weighted by Gasteiger charge is -1.95. The van der Waals surface area contributed by atoms with Crippen molar-refractivity contribution in [2.24, 2.45) is 10.9 Å². The van der Waals surface area contributed by atoms with Gasteiger partial charge in [-0.2, -0.15) is 0 Å². The monoisotopic (exact) mass is 172 g/mol. The Hall–Kier alpha value is -1.36. The number of nitrogens with zero attached hydrogens (tertiary/aromatic N) is 3. The average molecular weight is 173 g/mol. The molecule has 0 aliphatic heterocycles. The summed E-state index contributed by atoms with van der Waals surface area (Å²) in [6.07, 6.45) is 2.71. The number of hydrogen-bond acceptors (Lipinski definition) is 4. The van der Waals surface area contributed by atoms with Crippen molar-refractivity contribution in [2.75, 3.05) is 0 Å². The van der Waals surface area contributed by atoms with Gasteiger partial charge in [0.25, 0.3) is 0 Å². The number of nitrogens with two attached hydrogens (primary N) is 1. The summed E-state index contributed by atoms with van der Waals surface area (Å²) in [6.45, 7) is 0. The molecular formula is C5H5ClN4O. The van der Waals surface area contributed by atoms with Gasteiger partial charge in [0.05, 0.1) is 12.4 Å². The highest BCUT2D eigenvalue weighted by molar-refractivity contribution is 6.29. The molecule has 1 aromatic rings. The quantitative estimate of drug-likeness (QED) is 0.275. The van der Waals surface area contributed by atoms with E-state index in [1.807, 2.05) is 0 Å². The Morgan fingerprint density at radius 2 is 2.36 bits per heavy atom. The van der Waals surface area contributed by atoms with E-state index in [0.717, 1.165) is 0 Å². The van der Waals surface area contributed by atoms with E-state index in [0.29, 0.717) is 0 Å². The molecule has 0 spiro atoms. The van der Waals surface area contributed by atoms with E-state index in [9.17, 15) is 0 Å². The van der Waals surface area contributed by atoms with Crippen LogP contribution in [-0.2, 0) is 0 Å². The summed E-state index contributed by atoms with van der Waals surface area (Å²) < 4.78 is 0. The van der Waals surface area contributed by atoms with Gasteiger partial charge < -0.3 is 10.9 Å². The van der Waals surface area contributed by atoms with Gasteiger partial charge in [-0.05, 0) is 0 Å². The van der Waals surface area contributed by atoms with Crippen LogP contribution in [0.2, 0.25) is 5.15 Å². The highest BCUT2D eigenvalue weighted by atomic mass is 35.5. The smallest absolute Gasteiger partial charge is 0.190 e. The van der Waals surface area contributed by atoms with Crippen LogP contribution in [0.25, 0.3) is 0 Å². The standard InChI is InChI=1S/C5H5ClN4O/c6-4-2-8-1-3(9-4)5(7)10-11/h1-2,11H,(H2,7,10). The molecule has 0 unspecified atom stereocenters. The molecule has 1 aromatic heterocycles. The first-order chi connectivity index (χ1) is 5.24. The SMILES string of the molecule is NC(=NO)c1cncc(Cl)n1. The van der Waals surface area contributed by atoms with Gasteiger partial charge in [-0.1, -0.05) is 16.8 Å². The van der Waals surface area contributed by atoms with Crippen molar-refractivity contribution in [1.82, 2.24) is 9.97 Å². The number of aromatic nitrogens is 2. The Morgan fingerprint density at radius 1 is 1.64 bits per heavy atom. The second-order valence-electron chi connectivity index (χ2n) is 1.71. The molecule has 0 aromatic carbocycles. The lowest BCUT2D eigenvalue weighted by Crippen LogP contribution is -2.15. The minimum absolute atomic E-state index is 0.111. The molecule has 6 heteroatoms. The highest BCUT2D eigenvalue weighted by Crippen LogP contribution is 2.01. The summed E-state index contributed by atoms with van der Waals surface area (Å²) in [5.41, 5.74) is 5.45. The van der Waals surface area contributed by atoms with Crippen molar-refractivity contribution >= 4 is 17.4 Å². The summed E-state index contributed by atoms with van der Waals surface area (Å²) >= 11 is 5.48. The normalized spacial score (nSPS) is 11.5. The average Bonchev–Trinajstić information content (AvgIpc) is 2.03. The van der Waals surface area contributed by atoms with Crippen LogP contribution < -0.4 is 5.73 Å². The van der Waals surface area contributed by atoms with Gasteiger partial charge in [-0.15, -0.1) is 0 Å². The Balaban J connectivity index is 3.06. The zero-order valence-electron chi connectivity index (χ0n) is 5.40. The molecule has 0 saturated carbocycles. The fourth-order valence-corrected chi connectivity index (χ4v) is 0.664. The lowest BCUT2D eigenvalue weighted by atomic mass is 10.4. The van der Waals surface area contributed by atoms with Crippen molar-refractivity contribution in [3.05, 3.63) is 23.2 Å². The molecule has 0 bridgehead atoms. The first-order valence-corrected chi connectivity index (χ1v) is 3.07. The maximum atomic E-state index is 8.23. The molecule has 0 amide bonds. The van der Waals surface area contributed by atoms with Gasteiger partial charge in [-0.3, -0.25) is 4.98 Å². The maximum Gasteiger partial charge on any atom is 0.190 e. The summed E-state index contributed by atoms with van der Waals surface area (Å²) in [5, 5.41) is 11.2. The molecule has 11 heavy (non-hydrogen) atoms. The highest BCUT2D eigenvalue weighted by Gasteiger charge is 2.00. The summed E-state index contributed by atoms with van der Waals surface area (Å²) in [6, 6.07) is 0. The fraction of sp³-hybridized carbons (Fsp3) is 0. The number of rotatable bonds is 1. The number of hydrogen-bond donors (Lipinski definition) is 2. The fourth-order valence-electron chi connectivity index (χ4n) is 0.517. The summed E-state index contributed by atoms with van der Waals surface area (Å²) in [7, 11) is 0. The molecule has 5 nitrogen and oxygen atoms in total. The minimum atomic E-state index is -0.111. The second-order valence-corrected chi connectivity index (χ2v) is 2.10.